The molecule has 1 heterocycles. The maximum absolute atomic E-state index is 4.69. The Morgan fingerprint density at radius 1 is 1.14 bits per heavy atom. The number of rotatable bonds is 4. The zero-order valence-electron chi connectivity index (χ0n) is 12.2. The SMILES string of the molecule is CC(NCc1nc2ccccc2n1C)c1ccccc1Br. The van der Waals surface area contributed by atoms with Gasteiger partial charge in [-0.05, 0) is 30.7 Å². The third kappa shape index (κ3) is 2.87. The predicted octanol–water partition coefficient (Wildman–Crippen LogP) is 4.19. The molecule has 0 spiro atoms. The van der Waals surface area contributed by atoms with Crippen molar-refractivity contribution < 1.29 is 0 Å². The third-order valence-electron chi connectivity index (χ3n) is 3.82. The number of para-hydroxylation sites is 2. The average molecular weight is 344 g/mol. The van der Waals surface area contributed by atoms with Gasteiger partial charge in [0.25, 0.3) is 0 Å². The van der Waals surface area contributed by atoms with Crippen LogP contribution in [0, 0.1) is 0 Å². The molecule has 108 valence electrons. The molecule has 2 aromatic carbocycles. The molecule has 0 saturated heterocycles. The van der Waals surface area contributed by atoms with Crippen LogP contribution in [-0.4, -0.2) is 9.55 Å². The van der Waals surface area contributed by atoms with Gasteiger partial charge >= 0.3 is 0 Å². The average Bonchev–Trinajstić information content (AvgIpc) is 2.82. The Hall–Kier alpha value is -1.65. The molecular formula is C17H18BrN3. The number of benzene rings is 2. The molecule has 0 aliphatic carbocycles. The molecule has 21 heavy (non-hydrogen) atoms. The van der Waals surface area contributed by atoms with Crippen molar-refractivity contribution in [1.82, 2.24) is 14.9 Å². The molecule has 3 nitrogen and oxygen atoms in total. The Bertz CT molecular complexity index is 764. The summed E-state index contributed by atoms with van der Waals surface area (Å²) >= 11 is 3.60. The monoisotopic (exact) mass is 343 g/mol. The quantitative estimate of drug-likeness (QED) is 0.769. The van der Waals surface area contributed by atoms with Crippen LogP contribution in [0.3, 0.4) is 0 Å². The molecule has 0 amide bonds. The summed E-state index contributed by atoms with van der Waals surface area (Å²) in [5.41, 5.74) is 3.48. The van der Waals surface area contributed by atoms with Crippen molar-refractivity contribution in [3.63, 3.8) is 0 Å². The van der Waals surface area contributed by atoms with E-state index < -0.39 is 0 Å². The van der Waals surface area contributed by atoms with Crippen LogP contribution in [0.2, 0.25) is 0 Å². The summed E-state index contributed by atoms with van der Waals surface area (Å²) in [6.45, 7) is 2.91. The standard InChI is InChI=1S/C17H18BrN3/c1-12(13-7-3-4-8-14(13)18)19-11-17-20-15-9-5-6-10-16(15)21(17)2/h3-10,12,19H,11H2,1-2H3. The summed E-state index contributed by atoms with van der Waals surface area (Å²) < 4.78 is 3.28. The summed E-state index contributed by atoms with van der Waals surface area (Å²) in [5, 5.41) is 3.54. The van der Waals surface area contributed by atoms with Crippen LogP contribution in [-0.2, 0) is 13.6 Å². The van der Waals surface area contributed by atoms with E-state index in [9.17, 15) is 0 Å². The lowest BCUT2D eigenvalue weighted by molar-refractivity contribution is 0.549. The minimum atomic E-state index is 0.264. The lowest BCUT2D eigenvalue weighted by Crippen LogP contribution is -2.20. The van der Waals surface area contributed by atoms with Crippen LogP contribution >= 0.6 is 15.9 Å². The fraction of sp³-hybridized carbons (Fsp3) is 0.235. The number of fused-ring (bicyclic) bond motifs is 1. The molecule has 0 saturated carbocycles. The van der Waals surface area contributed by atoms with E-state index in [2.05, 4.69) is 75.1 Å². The molecule has 3 aromatic rings. The molecule has 0 aliphatic heterocycles. The predicted molar refractivity (Wildman–Crippen MR) is 90.1 cm³/mol. The van der Waals surface area contributed by atoms with Gasteiger partial charge in [-0.1, -0.05) is 46.3 Å². The molecule has 1 N–H and O–H groups in total. The van der Waals surface area contributed by atoms with Gasteiger partial charge in [0.2, 0.25) is 0 Å². The van der Waals surface area contributed by atoms with Gasteiger partial charge in [0.15, 0.2) is 0 Å². The van der Waals surface area contributed by atoms with Gasteiger partial charge in [-0.15, -0.1) is 0 Å². The number of halogens is 1. The van der Waals surface area contributed by atoms with Crippen LogP contribution in [0.1, 0.15) is 24.4 Å². The maximum Gasteiger partial charge on any atom is 0.123 e. The number of imidazole rings is 1. The summed E-state index contributed by atoms with van der Waals surface area (Å²) in [4.78, 5) is 4.69. The molecule has 1 aromatic heterocycles. The molecule has 0 radical (unpaired) electrons. The van der Waals surface area contributed by atoms with E-state index in [1.807, 2.05) is 18.2 Å². The Labute approximate surface area is 133 Å². The lowest BCUT2D eigenvalue weighted by Gasteiger charge is -2.15. The third-order valence-corrected chi connectivity index (χ3v) is 4.54. The van der Waals surface area contributed by atoms with Crippen molar-refractivity contribution in [3.8, 4) is 0 Å². The van der Waals surface area contributed by atoms with Crippen LogP contribution < -0.4 is 5.32 Å². The highest BCUT2D eigenvalue weighted by Gasteiger charge is 2.11. The molecule has 3 rings (SSSR count). The van der Waals surface area contributed by atoms with E-state index >= 15 is 0 Å². The van der Waals surface area contributed by atoms with Gasteiger partial charge in [0, 0.05) is 17.6 Å². The molecule has 0 aliphatic rings. The normalized spacial score (nSPS) is 12.7. The first-order valence-corrected chi connectivity index (χ1v) is 7.84. The van der Waals surface area contributed by atoms with Gasteiger partial charge in [0.1, 0.15) is 5.82 Å². The fourth-order valence-corrected chi connectivity index (χ4v) is 3.16. The van der Waals surface area contributed by atoms with E-state index in [1.54, 1.807) is 0 Å². The first kappa shape index (κ1) is 14.3. The molecule has 1 unspecified atom stereocenters. The molecule has 0 bridgehead atoms. The van der Waals surface area contributed by atoms with E-state index in [0.717, 1.165) is 22.4 Å². The van der Waals surface area contributed by atoms with Crippen molar-refractivity contribution in [2.45, 2.75) is 19.5 Å². The number of nitrogens with zero attached hydrogens (tertiary/aromatic N) is 2. The van der Waals surface area contributed by atoms with E-state index in [0.29, 0.717) is 0 Å². The Morgan fingerprint density at radius 2 is 1.86 bits per heavy atom. The summed E-state index contributed by atoms with van der Waals surface area (Å²) in [6, 6.07) is 16.8. The van der Waals surface area contributed by atoms with Crippen molar-refractivity contribution in [2.75, 3.05) is 0 Å². The van der Waals surface area contributed by atoms with Crippen LogP contribution in [0.4, 0.5) is 0 Å². The first-order chi connectivity index (χ1) is 10.2. The smallest absolute Gasteiger partial charge is 0.123 e. The number of aryl methyl sites for hydroxylation is 1. The zero-order valence-corrected chi connectivity index (χ0v) is 13.8. The zero-order chi connectivity index (χ0) is 14.8. The van der Waals surface area contributed by atoms with Crippen LogP contribution in [0.25, 0.3) is 11.0 Å². The van der Waals surface area contributed by atoms with Crippen molar-refractivity contribution >= 4 is 27.0 Å². The van der Waals surface area contributed by atoms with E-state index in [-0.39, 0.29) is 6.04 Å². The number of aromatic nitrogens is 2. The Morgan fingerprint density at radius 3 is 2.62 bits per heavy atom. The van der Waals surface area contributed by atoms with Crippen molar-refractivity contribution in [2.24, 2.45) is 7.05 Å². The maximum atomic E-state index is 4.69. The Balaban J connectivity index is 1.77. The van der Waals surface area contributed by atoms with Gasteiger partial charge in [-0.25, -0.2) is 4.98 Å². The second-order valence-corrected chi connectivity index (χ2v) is 6.05. The van der Waals surface area contributed by atoms with E-state index in [4.69, 9.17) is 0 Å². The van der Waals surface area contributed by atoms with Crippen molar-refractivity contribution in [1.29, 1.82) is 0 Å². The van der Waals surface area contributed by atoms with Gasteiger partial charge < -0.3 is 9.88 Å². The fourth-order valence-electron chi connectivity index (χ4n) is 2.53. The summed E-state index contributed by atoms with van der Waals surface area (Å²) in [6.07, 6.45) is 0. The topological polar surface area (TPSA) is 29.9 Å². The van der Waals surface area contributed by atoms with Crippen LogP contribution in [0.15, 0.2) is 53.0 Å². The minimum absolute atomic E-state index is 0.264. The lowest BCUT2D eigenvalue weighted by atomic mass is 10.1. The number of hydrogen-bond donors (Lipinski definition) is 1. The highest BCUT2D eigenvalue weighted by Crippen LogP contribution is 2.23. The molecule has 0 fully saturated rings. The first-order valence-electron chi connectivity index (χ1n) is 7.05. The van der Waals surface area contributed by atoms with Gasteiger partial charge in [-0.2, -0.15) is 0 Å². The number of hydrogen-bond acceptors (Lipinski definition) is 2. The number of nitrogens with one attached hydrogen (secondary N) is 1. The second-order valence-electron chi connectivity index (χ2n) is 5.20. The van der Waals surface area contributed by atoms with Crippen LogP contribution in [0.5, 0.6) is 0 Å². The largest absolute Gasteiger partial charge is 0.330 e. The molecule has 4 heteroatoms. The summed E-state index contributed by atoms with van der Waals surface area (Å²) in [7, 11) is 2.06. The van der Waals surface area contributed by atoms with Gasteiger partial charge in [-0.3, -0.25) is 0 Å². The Kier molecular flexibility index (Phi) is 4.08. The van der Waals surface area contributed by atoms with E-state index in [1.165, 1.54) is 11.1 Å². The highest BCUT2D eigenvalue weighted by atomic mass is 79.9. The minimum Gasteiger partial charge on any atom is -0.330 e. The molecule has 1 atom stereocenters. The van der Waals surface area contributed by atoms with Gasteiger partial charge in [0.05, 0.1) is 17.6 Å². The second kappa shape index (κ2) is 6.00. The van der Waals surface area contributed by atoms with Crippen molar-refractivity contribution in [3.05, 3.63) is 64.4 Å². The molecular weight excluding hydrogens is 326 g/mol. The summed E-state index contributed by atoms with van der Waals surface area (Å²) in [5.74, 6) is 1.05. The highest BCUT2D eigenvalue weighted by molar-refractivity contribution is 9.10.